The van der Waals surface area contributed by atoms with Crippen LogP contribution in [0.15, 0.2) is 18.2 Å². The van der Waals surface area contributed by atoms with Crippen LogP contribution in [0.3, 0.4) is 0 Å². The minimum Gasteiger partial charge on any atom is -0.334 e. The van der Waals surface area contributed by atoms with Crippen LogP contribution in [-0.4, -0.2) is 21.3 Å². The van der Waals surface area contributed by atoms with Crippen molar-refractivity contribution >= 4 is 0 Å². The molecule has 0 amide bonds. The van der Waals surface area contributed by atoms with E-state index in [0.29, 0.717) is 11.5 Å². The van der Waals surface area contributed by atoms with Gasteiger partial charge in [-0.2, -0.15) is 14.7 Å². The first-order valence-electron chi connectivity index (χ1n) is 4.08. The van der Waals surface area contributed by atoms with Gasteiger partial charge in [0.05, 0.1) is 21.3 Å². The molecule has 1 aromatic rings. The van der Waals surface area contributed by atoms with Crippen LogP contribution in [-0.2, 0) is 14.7 Å². The van der Waals surface area contributed by atoms with Crippen molar-refractivity contribution in [1.29, 1.82) is 0 Å². The Hall–Kier alpha value is -1.50. The number of rotatable bonds is 6. The van der Waals surface area contributed by atoms with E-state index in [2.05, 4.69) is 14.7 Å². The van der Waals surface area contributed by atoms with Crippen LogP contribution in [0.4, 0.5) is 0 Å². The van der Waals surface area contributed by atoms with Gasteiger partial charge in [0.1, 0.15) is 0 Å². The first kappa shape index (κ1) is 11.6. The van der Waals surface area contributed by atoms with Crippen LogP contribution in [0.1, 0.15) is 0 Å². The molecule has 0 heterocycles. The van der Waals surface area contributed by atoms with Crippen molar-refractivity contribution in [1.82, 2.24) is 0 Å². The first-order chi connectivity index (χ1) is 7.33. The molecule has 0 spiro atoms. The number of benzene rings is 1. The lowest BCUT2D eigenvalue weighted by atomic mass is 10.3. The van der Waals surface area contributed by atoms with Crippen LogP contribution in [0, 0.1) is 0 Å². The van der Waals surface area contributed by atoms with Gasteiger partial charge in [0.25, 0.3) is 5.75 Å². The highest BCUT2D eigenvalue weighted by Crippen LogP contribution is 2.37. The Balaban J connectivity index is 2.97. The zero-order valence-corrected chi connectivity index (χ0v) is 8.68. The summed E-state index contributed by atoms with van der Waals surface area (Å²) in [5.41, 5.74) is 0. The standard InChI is InChI=1S/C9H12O6/c1-10-13-7-5-4-6-8(14-11-2)9(7)15-12-3/h4-6H,1-3H3. The van der Waals surface area contributed by atoms with E-state index in [1.807, 2.05) is 0 Å². The number of hydrogen-bond donors (Lipinski definition) is 0. The molecule has 0 unspecified atom stereocenters. The van der Waals surface area contributed by atoms with E-state index >= 15 is 0 Å². The molecule has 0 N–H and O–H groups in total. The number of para-hydroxylation sites is 1. The van der Waals surface area contributed by atoms with Crippen LogP contribution in [0.2, 0.25) is 0 Å². The van der Waals surface area contributed by atoms with Crippen molar-refractivity contribution < 1.29 is 29.3 Å². The van der Waals surface area contributed by atoms with Crippen molar-refractivity contribution in [2.75, 3.05) is 21.3 Å². The molecular weight excluding hydrogens is 204 g/mol. The van der Waals surface area contributed by atoms with E-state index in [0.717, 1.165) is 0 Å². The van der Waals surface area contributed by atoms with E-state index in [1.54, 1.807) is 18.2 Å². The van der Waals surface area contributed by atoms with Crippen LogP contribution in [0.25, 0.3) is 0 Å². The molecule has 84 valence electrons. The highest BCUT2D eigenvalue weighted by atomic mass is 17.2. The smallest absolute Gasteiger partial charge is 0.257 e. The predicted molar refractivity (Wildman–Crippen MR) is 49.4 cm³/mol. The lowest BCUT2D eigenvalue weighted by Gasteiger charge is -2.10. The Morgan fingerprint density at radius 2 is 1.20 bits per heavy atom. The Labute approximate surface area is 87.0 Å². The Bertz CT molecular complexity index is 276. The fraction of sp³-hybridized carbons (Fsp3) is 0.333. The van der Waals surface area contributed by atoms with Crippen molar-refractivity contribution in [3.63, 3.8) is 0 Å². The van der Waals surface area contributed by atoms with Gasteiger partial charge < -0.3 is 14.7 Å². The SMILES string of the molecule is COOc1cccc(OOC)c1OOC. The molecule has 0 aliphatic carbocycles. The summed E-state index contributed by atoms with van der Waals surface area (Å²) in [4.78, 5) is 28.1. The third kappa shape index (κ3) is 2.98. The van der Waals surface area contributed by atoms with Gasteiger partial charge in [-0.05, 0) is 12.1 Å². The Morgan fingerprint density at radius 1 is 0.733 bits per heavy atom. The van der Waals surface area contributed by atoms with Gasteiger partial charge in [0.15, 0.2) is 0 Å². The molecule has 1 aromatic carbocycles. The Kier molecular flexibility index (Phi) is 4.69. The van der Waals surface area contributed by atoms with E-state index in [4.69, 9.17) is 14.7 Å². The van der Waals surface area contributed by atoms with Crippen molar-refractivity contribution in [3.8, 4) is 17.2 Å². The van der Waals surface area contributed by atoms with Gasteiger partial charge in [0, 0.05) is 0 Å². The summed E-state index contributed by atoms with van der Waals surface area (Å²) >= 11 is 0. The topological polar surface area (TPSA) is 55.4 Å². The molecule has 6 heteroatoms. The average Bonchev–Trinajstić information content (AvgIpc) is 2.23. The summed E-state index contributed by atoms with van der Waals surface area (Å²) in [6.45, 7) is 0. The van der Waals surface area contributed by atoms with E-state index in [1.165, 1.54) is 21.3 Å². The molecule has 1 rings (SSSR count). The monoisotopic (exact) mass is 216 g/mol. The Morgan fingerprint density at radius 3 is 1.60 bits per heavy atom. The normalized spacial score (nSPS) is 9.80. The van der Waals surface area contributed by atoms with Gasteiger partial charge in [-0.1, -0.05) is 6.07 Å². The molecule has 6 nitrogen and oxygen atoms in total. The molecule has 0 aliphatic heterocycles. The van der Waals surface area contributed by atoms with Gasteiger partial charge >= 0.3 is 0 Å². The summed E-state index contributed by atoms with van der Waals surface area (Å²) < 4.78 is 0. The second-order valence-corrected chi connectivity index (χ2v) is 2.33. The minimum absolute atomic E-state index is 0.226. The van der Waals surface area contributed by atoms with Crippen LogP contribution >= 0.6 is 0 Å². The average molecular weight is 216 g/mol. The van der Waals surface area contributed by atoms with Gasteiger partial charge in [-0.25, -0.2) is 0 Å². The molecule has 0 saturated carbocycles. The van der Waals surface area contributed by atoms with E-state index in [-0.39, 0.29) is 5.75 Å². The molecule has 0 radical (unpaired) electrons. The number of hydrogen-bond acceptors (Lipinski definition) is 6. The van der Waals surface area contributed by atoms with Crippen molar-refractivity contribution in [2.45, 2.75) is 0 Å². The predicted octanol–water partition coefficient (Wildman–Crippen LogP) is 1.51. The largest absolute Gasteiger partial charge is 0.334 e. The van der Waals surface area contributed by atoms with Crippen molar-refractivity contribution in [3.05, 3.63) is 18.2 Å². The van der Waals surface area contributed by atoms with Gasteiger partial charge in [0.2, 0.25) is 11.5 Å². The molecule has 0 fully saturated rings. The second-order valence-electron chi connectivity index (χ2n) is 2.33. The maximum atomic E-state index is 4.86. The summed E-state index contributed by atoms with van der Waals surface area (Å²) in [5, 5.41) is 0. The molecule has 0 aromatic heterocycles. The van der Waals surface area contributed by atoms with Gasteiger partial charge in [-0.3, -0.25) is 0 Å². The fourth-order valence-electron chi connectivity index (χ4n) is 0.972. The summed E-state index contributed by atoms with van der Waals surface area (Å²) in [5.74, 6) is 0.853. The maximum absolute atomic E-state index is 4.86. The second kappa shape index (κ2) is 6.07. The molecule has 0 bridgehead atoms. The van der Waals surface area contributed by atoms with E-state index in [9.17, 15) is 0 Å². The lowest BCUT2D eigenvalue weighted by molar-refractivity contribution is -0.214. The lowest BCUT2D eigenvalue weighted by Crippen LogP contribution is -2.00. The molecule has 0 aliphatic rings. The zero-order chi connectivity index (χ0) is 11.1. The summed E-state index contributed by atoms with van der Waals surface area (Å²) in [6.07, 6.45) is 0. The third-order valence-corrected chi connectivity index (χ3v) is 1.46. The van der Waals surface area contributed by atoms with Crippen molar-refractivity contribution in [2.24, 2.45) is 0 Å². The fourth-order valence-corrected chi connectivity index (χ4v) is 0.972. The third-order valence-electron chi connectivity index (χ3n) is 1.46. The highest BCUT2D eigenvalue weighted by Gasteiger charge is 2.15. The maximum Gasteiger partial charge on any atom is 0.257 e. The van der Waals surface area contributed by atoms with Crippen LogP contribution < -0.4 is 14.7 Å². The summed E-state index contributed by atoms with van der Waals surface area (Å²) in [7, 11) is 4.11. The molecule has 0 atom stereocenters. The first-order valence-corrected chi connectivity index (χ1v) is 4.08. The minimum atomic E-state index is 0.226. The highest BCUT2D eigenvalue weighted by molar-refractivity contribution is 5.50. The molecule has 15 heavy (non-hydrogen) atoms. The summed E-state index contributed by atoms with van der Waals surface area (Å²) in [6, 6.07) is 4.94. The zero-order valence-electron chi connectivity index (χ0n) is 8.68. The molecular formula is C9H12O6. The van der Waals surface area contributed by atoms with Gasteiger partial charge in [-0.15, -0.1) is 0 Å². The quantitative estimate of drug-likeness (QED) is 0.530. The van der Waals surface area contributed by atoms with Crippen LogP contribution in [0.5, 0.6) is 17.2 Å². The van der Waals surface area contributed by atoms with E-state index < -0.39 is 0 Å². The molecule has 0 saturated heterocycles.